The highest BCUT2D eigenvalue weighted by atomic mass is 15.1. The molecule has 0 radical (unpaired) electrons. The summed E-state index contributed by atoms with van der Waals surface area (Å²) in [6.45, 7) is 10.7. The van der Waals surface area contributed by atoms with E-state index < -0.39 is 0 Å². The Labute approximate surface area is 77.1 Å². The van der Waals surface area contributed by atoms with Crippen molar-refractivity contribution in [3.63, 3.8) is 0 Å². The third kappa shape index (κ3) is 7.63. The molecule has 0 aliphatic rings. The molecule has 0 aromatic carbocycles. The SMILES string of the molecule is CC(C)C#CCN(C)CC(C)C. The Hall–Kier alpha value is -0.480. The van der Waals surface area contributed by atoms with Crippen LogP contribution in [0.5, 0.6) is 0 Å². The highest BCUT2D eigenvalue weighted by molar-refractivity contribution is 5.02. The summed E-state index contributed by atoms with van der Waals surface area (Å²) in [7, 11) is 2.12. The Kier molecular flexibility index (Phi) is 5.84. The van der Waals surface area contributed by atoms with Crippen molar-refractivity contribution in [1.29, 1.82) is 0 Å². The average Bonchev–Trinajstić information content (AvgIpc) is 1.84. The zero-order chi connectivity index (χ0) is 9.56. The van der Waals surface area contributed by atoms with Crippen molar-refractivity contribution in [2.75, 3.05) is 20.1 Å². The van der Waals surface area contributed by atoms with E-state index in [9.17, 15) is 0 Å². The topological polar surface area (TPSA) is 3.24 Å². The van der Waals surface area contributed by atoms with Gasteiger partial charge in [-0.25, -0.2) is 0 Å². The van der Waals surface area contributed by atoms with Crippen LogP contribution in [0.3, 0.4) is 0 Å². The predicted molar refractivity (Wildman–Crippen MR) is 54.9 cm³/mol. The second kappa shape index (κ2) is 6.08. The molecule has 1 heteroatoms. The van der Waals surface area contributed by atoms with E-state index in [0.29, 0.717) is 5.92 Å². The summed E-state index contributed by atoms with van der Waals surface area (Å²) in [4.78, 5) is 2.26. The van der Waals surface area contributed by atoms with Crippen LogP contribution in [0, 0.1) is 23.7 Å². The molecule has 1 nitrogen and oxygen atoms in total. The molecule has 0 unspecified atom stereocenters. The fourth-order valence-electron chi connectivity index (χ4n) is 1.07. The summed E-state index contributed by atoms with van der Waals surface area (Å²) in [6, 6.07) is 0. The minimum Gasteiger partial charge on any atom is -0.295 e. The minimum absolute atomic E-state index is 0.498. The third-order valence-electron chi connectivity index (χ3n) is 1.42. The Bertz CT molecular complexity index is 160. The summed E-state index contributed by atoms with van der Waals surface area (Å²) < 4.78 is 0. The molecule has 0 rings (SSSR count). The van der Waals surface area contributed by atoms with Gasteiger partial charge < -0.3 is 0 Å². The molecule has 0 fully saturated rings. The summed E-state index contributed by atoms with van der Waals surface area (Å²) in [6.07, 6.45) is 0. The molecule has 0 aliphatic carbocycles. The maximum absolute atomic E-state index is 3.17. The third-order valence-corrected chi connectivity index (χ3v) is 1.42. The van der Waals surface area contributed by atoms with E-state index in [2.05, 4.69) is 51.5 Å². The molecule has 0 aromatic rings. The first-order valence-electron chi connectivity index (χ1n) is 4.69. The molecule has 0 amide bonds. The van der Waals surface area contributed by atoms with Gasteiger partial charge in [0.1, 0.15) is 0 Å². The van der Waals surface area contributed by atoms with E-state index in [-0.39, 0.29) is 0 Å². The van der Waals surface area contributed by atoms with E-state index in [1.54, 1.807) is 0 Å². The lowest BCUT2D eigenvalue weighted by Gasteiger charge is -2.15. The van der Waals surface area contributed by atoms with Crippen LogP contribution in [0.15, 0.2) is 0 Å². The predicted octanol–water partition coefficient (Wildman–Crippen LogP) is 2.23. The summed E-state index contributed by atoms with van der Waals surface area (Å²) in [5.41, 5.74) is 0. The first-order valence-corrected chi connectivity index (χ1v) is 4.69. The van der Waals surface area contributed by atoms with Gasteiger partial charge in [0, 0.05) is 12.5 Å². The molecule has 0 aromatic heterocycles. The number of hydrogen-bond acceptors (Lipinski definition) is 1. The van der Waals surface area contributed by atoms with Crippen molar-refractivity contribution < 1.29 is 0 Å². The van der Waals surface area contributed by atoms with Gasteiger partial charge in [0.05, 0.1) is 6.54 Å². The maximum Gasteiger partial charge on any atom is 0.0599 e. The summed E-state index contributed by atoms with van der Waals surface area (Å²) in [5.74, 6) is 7.55. The average molecular weight is 167 g/mol. The van der Waals surface area contributed by atoms with Crippen LogP contribution in [-0.4, -0.2) is 25.0 Å². The molecular formula is C11H21N. The van der Waals surface area contributed by atoms with E-state index >= 15 is 0 Å². The quantitative estimate of drug-likeness (QED) is 0.583. The van der Waals surface area contributed by atoms with Gasteiger partial charge in [-0.1, -0.05) is 39.5 Å². The molecule has 0 saturated heterocycles. The lowest BCUT2D eigenvalue weighted by atomic mass is 10.2. The van der Waals surface area contributed by atoms with Crippen LogP contribution in [0.1, 0.15) is 27.7 Å². The van der Waals surface area contributed by atoms with Gasteiger partial charge in [-0.05, 0) is 13.0 Å². The normalized spacial score (nSPS) is 10.7. The van der Waals surface area contributed by atoms with Crippen molar-refractivity contribution in [3.8, 4) is 11.8 Å². The molecule has 0 aliphatic heterocycles. The molecule has 0 atom stereocenters. The zero-order valence-electron chi connectivity index (χ0n) is 9.02. The van der Waals surface area contributed by atoms with Crippen molar-refractivity contribution >= 4 is 0 Å². The fourth-order valence-corrected chi connectivity index (χ4v) is 1.07. The van der Waals surface area contributed by atoms with Gasteiger partial charge in [0.25, 0.3) is 0 Å². The second-order valence-electron chi connectivity index (χ2n) is 4.07. The molecule has 0 saturated carbocycles. The van der Waals surface area contributed by atoms with Crippen LogP contribution >= 0.6 is 0 Å². The molecular weight excluding hydrogens is 146 g/mol. The van der Waals surface area contributed by atoms with Crippen LogP contribution in [-0.2, 0) is 0 Å². The monoisotopic (exact) mass is 167 g/mol. The number of nitrogens with zero attached hydrogens (tertiary/aromatic N) is 1. The van der Waals surface area contributed by atoms with E-state index in [0.717, 1.165) is 19.0 Å². The molecule has 0 N–H and O–H groups in total. The molecule has 70 valence electrons. The molecule has 0 spiro atoms. The van der Waals surface area contributed by atoms with E-state index in [1.165, 1.54) is 0 Å². The molecule has 0 heterocycles. The van der Waals surface area contributed by atoms with E-state index in [1.807, 2.05) is 0 Å². The zero-order valence-corrected chi connectivity index (χ0v) is 9.02. The van der Waals surface area contributed by atoms with Crippen molar-refractivity contribution in [2.45, 2.75) is 27.7 Å². The van der Waals surface area contributed by atoms with E-state index in [4.69, 9.17) is 0 Å². The Morgan fingerprint density at radius 1 is 1.17 bits per heavy atom. The van der Waals surface area contributed by atoms with Crippen LogP contribution in [0.2, 0.25) is 0 Å². The first kappa shape index (κ1) is 11.5. The highest BCUT2D eigenvalue weighted by Gasteiger charge is 1.98. The Morgan fingerprint density at radius 3 is 2.17 bits per heavy atom. The van der Waals surface area contributed by atoms with Crippen LogP contribution in [0.25, 0.3) is 0 Å². The van der Waals surface area contributed by atoms with Crippen LogP contribution in [0.4, 0.5) is 0 Å². The van der Waals surface area contributed by atoms with Gasteiger partial charge in [-0.3, -0.25) is 4.90 Å². The number of rotatable bonds is 3. The molecule has 12 heavy (non-hydrogen) atoms. The van der Waals surface area contributed by atoms with Gasteiger partial charge in [-0.15, -0.1) is 0 Å². The minimum atomic E-state index is 0.498. The van der Waals surface area contributed by atoms with Crippen LogP contribution < -0.4 is 0 Å². The Morgan fingerprint density at radius 2 is 1.75 bits per heavy atom. The van der Waals surface area contributed by atoms with Gasteiger partial charge >= 0.3 is 0 Å². The Balaban J connectivity index is 3.58. The van der Waals surface area contributed by atoms with Crippen molar-refractivity contribution in [2.24, 2.45) is 11.8 Å². The highest BCUT2D eigenvalue weighted by Crippen LogP contribution is 1.94. The molecule has 0 bridgehead atoms. The van der Waals surface area contributed by atoms with Crippen molar-refractivity contribution in [1.82, 2.24) is 4.90 Å². The largest absolute Gasteiger partial charge is 0.295 e. The first-order chi connectivity index (χ1) is 5.52. The van der Waals surface area contributed by atoms with Gasteiger partial charge in [0.15, 0.2) is 0 Å². The van der Waals surface area contributed by atoms with Gasteiger partial charge in [-0.2, -0.15) is 0 Å². The second-order valence-corrected chi connectivity index (χ2v) is 4.07. The lowest BCUT2D eigenvalue weighted by molar-refractivity contribution is 0.328. The summed E-state index contributed by atoms with van der Waals surface area (Å²) in [5, 5.41) is 0. The standard InChI is InChI=1S/C11H21N/c1-10(2)7-6-8-12(5)9-11(3)4/h10-11H,8-9H2,1-5H3. The fraction of sp³-hybridized carbons (Fsp3) is 0.818. The lowest BCUT2D eigenvalue weighted by Crippen LogP contribution is -2.23. The summed E-state index contributed by atoms with van der Waals surface area (Å²) >= 11 is 0. The number of hydrogen-bond donors (Lipinski definition) is 0. The smallest absolute Gasteiger partial charge is 0.0599 e. The van der Waals surface area contributed by atoms with Crippen molar-refractivity contribution in [3.05, 3.63) is 0 Å². The van der Waals surface area contributed by atoms with Gasteiger partial charge in [0.2, 0.25) is 0 Å². The maximum atomic E-state index is 3.17.